The molecule has 0 bridgehead atoms. The Morgan fingerprint density at radius 1 is 1.04 bits per heavy atom. The number of hydrogen-bond acceptors (Lipinski definition) is 4. The van der Waals surface area contributed by atoms with Gasteiger partial charge in [0.2, 0.25) is 11.9 Å². The lowest BCUT2D eigenvalue weighted by Gasteiger charge is -2.03. The number of hydrogen-bond donors (Lipinski definition) is 0. The van der Waals surface area contributed by atoms with Crippen LogP contribution in [0.15, 0.2) is 77.0 Å². The molecule has 5 heteroatoms. The summed E-state index contributed by atoms with van der Waals surface area (Å²) in [6.45, 7) is 1.92. The highest BCUT2D eigenvalue weighted by molar-refractivity contribution is 5.97. The third-order valence-corrected chi connectivity index (χ3v) is 4.11. The van der Waals surface area contributed by atoms with Crippen LogP contribution in [0.5, 0.6) is 0 Å². The molecule has 0 amide bonds. The number of azo groups is 1. The standard InChI is InChI=1S/C20H16N4O/c1-14-18(16-10-6-3-7-11-16)20-22-21-19(24(20)23-14)17(25)13-12-15-8-4-2-5-9-15/h2-13,19H,1H3/b13-12+/t19-/m1/s1. The van der Waals surface area contributed by atoms with Gasteiger partial charge in [0.05, 0.1) is 11.3 Å². The summed E-state index contributed by atoms with van der Waals surface area (Å²) in [5.41, 5.74) is 3.75. The number of nitrogens with zero attached hydrogens (tertiary/aromatic N) is 4. The van der Waals surface area contributed by atoms with Crippen molar-refractivity contribution in [1.29, 1.82) is 0 Å². The minimum Gasteiger partial charge on any atom is -0.290 e. The van der Waals surface area contributed by atoms with Crippen molar-refractivity contribution < 1.29 is 4.79 Å². The van der Waals surface area contributed by atoms with E-state index in [2.05, 4.69) is 15.3 Å². The van der Waals surface area contributed by atoms with Gasteiger partial charge in [-0.05, 0) is 24.1 Å². The molecule has 1 aliphatic heterocycles. The third-order valence-electron chi connectivity index (χ3n) is 4.11. The molecule has 1 aliphatic rings. The molecule has 122 valence electrons. The fourth-order valence-electron chi connectivity index (χ4n) is 2.91. The first kappa shape index (κ1) is 15.2. The van der Waals surface area contributed by atoms with E-state index < -0.39 is 6.17 Å². The summed E-state index contributed by atoms with van der Waals surface area (Å²) >= 11 is 0. The second-order valence-corrected chi connectivity index (χ2v) is 5.83. The summed E-state index contributed by atoms with van der Waals surface area (Å²) < 4.78 is 1.61. The Hall–Kier alpha value is -3.34. The lowest BCUT2D eigenvalue weighted by molar-refractivity contribution is -0.117. The zero-order chi connectivity index (χ0) is 17.2. The number of aryl methyl sites for hydroxylation is 1. The van der Waals surface area contributed by atoms with E-state index in [9.17, 15) is 4.79 Å². The van der Waals surface area contributed by atoms with Crippen LogP contribution in [-0.4, -0.2) is 15.6 Å². The SMILES string of the molecule is Cc1nn2c(c1-c1ccccc1)N=N[C@H]2C(=O)/C=C/c1ccccc1. The molecule has 0 radical (unpaired) electrons. The van der Waals surface area contributed by atoms with Crippen molar-refractivity contribution in [2.45, 2.75) is 13.1 Å². The van der Waals surface area contributed by atoms with Crippen LogP contribution in [0.2, 0.25) is 0 Å². The van der Waals surface area contributed by atoms with Crippen LogP contribution in [0.4, 0.5) is 5.82 Å². The van der Waals surface area contributed by atoms with E-state index in [1.54, 1.807) is 10.8 Å². The fourth-order valence-corrected chi connectivity index (χ4v) is 2.91. The molecule has 2 aromatic carbocycles. The maximum atomic E-state index is 12.5. The van der Waals surface area contributed by atoms with E-state index in [4.69, 9.17) is 0 Å². The van der Waals surface area contributed by atoms with Gasteiger partial charge in [0.25, 0.3) is 0 Å². The van der Waals surface area contributed by atoms with Crippen molar-refractivity contribution in [2.24, 2.45) is 10.2 Å². The molecule has 0 spiro atoms. The van der Waals surface area contributed by atoms with Crippen molar-refractivity contribution in [3.63, 3.8) is 0 Å². The van der Waals surface area contributed by atoms with Gasteiger partial charge in [-0.2, -0.15) is 10.2 Å². The van der Waals surface area contributed by atoms with Crippen LogP contribution in [0.3, 0.4) is 0 Å². The molecule has 0 saturated carbocycles. The molecular formula is C20H16N4O. The number of carbonyl (C=O) groups excluding carboxylic acids is 1. The Labute approximate surface area is 145 Å². The third kappa shape index (κ3) is 2.80. The summed E-state index contributed by atoms with van der Waals surface area (Å²) in [5.74, 6) is 0.489. The van der Waals surface area contributed by atoms with Crippen molar-refractivity contribution in [3.8, 4) is 11.1 Å². The average molecular weight is 328 g/mol. The quantitative estimate of drug-likeness (QED) is 0.650. The molecular weight excluding hydrogens is 312 g/mol. The van der Waals surface area contributed by atoms with E-state index in [0.717, 1.165) is 22.4 Å². The Morgan fingerprint density at radius 2 is 1.72 bits per heavy atom. The molecule has 2 heterocycles. The van der Waals surface area contributed by atoms with Gasteiger partial charge in [0, 0.05) is 0 Å². The Kier molecular flexibility index (Phi) is 3.82. The van der Waals surface area contributed by atoms with E-state index >= 15 is 0 Å². The summed E-state index contributed by atoms with van der Waals surface area (Å²) in [7, 11) is 0. The van der Waals surface area contributed by atoms with Gasteiger partial charge < -0.3 is 0 Å². The normalized spacial score (nSPS) is 15.6. The molecule has 1 atom stereocenters. The summed E-state index contributed by atoms with van der Waals surface area (Å²) in [6, 6.07) is 19.6. The molecule has 0 fully saturated rings. The highest BCUT2D eigenvalue weighted by atomic mass is 16.1. The van der Waals surface area contributed by atoms with Crippen molar-refractivity contribution in [1.82, 2.24) is 9.78 Å². The monoisotopic (exact) mass is 328 g/mol. The van der Waals surface area contributed by atoms with E-state index in [1.807, 2.05) is 67.6 Å². The molecule has 5 nitrogen and oxygen atoms in total. The predicted octanol–water partition coefficient (Wildman–Crippen LogP) is 4.74. The summed E-state index contributed by atoms with van der Waals surface area (Å²) in [4.78, 5) is 12.5. The summed E-state index contributed by atoms with van der Waals surface area (Å²) in [5, 5.41) is 12.9. The molecule has 0 unspecified atom stereocenters. The first-order valence-corrected chi connectivity index (χ1v) is 8.06. The Bertz CT molecular complexity index is 972. The second kappa shape index (κ2) is 6.28. The number of rotatable bonds is 4. The van der Waals surface area contributed by atoms with Gasteiger partial charge in [-0.15, -0.1) is 5.11 Å². The average Bonchev–Trinajstić information content (AvgIpc) is 3.19. The van der Waals surface area contributed by atoms with Crippen molar-refractivity contribution >= 4 is 17.7 Å². The van der Waals surface area contributed by atoms with Gasteiger partial charge in [-0.1, -0.05) is 66.7 Å². The van der Waals surface area contributed by atoms with E-state index in [1.165, 1.54) is 6.08 Å². The molecule has 3 aromatic rings. The first-order valence-electron chi connectivity index (χ1n) is 8.06. The number of fused-ring (bicyclic) bond motifs is 1. The van der Waals surface area contributed by atoms with Crippen LogP contribution >= 0.6 is 0 Å². The van der Waals surface area contributed by atoms with Crippen molar-refractivity contribution in [3.05, 3.63) is 78.0 Å². The van der Waals surface area contributed by atoms with Crippen LogP contribution in [0.1, 0.15) is 17.4 Å². The molecule has 4 rings (SSSR count). The number of carbonyl (C=O) groups is 1. The van der Waals surface area contributed by atoms with Gasteiger partial charge in [-0.25, -0.2) is 4.68 Å². The van der Waals surface area contributed by atoms with Crippen LogP contribution in [0, 0.1) is 6.92 Å². The lowest BCUT2D eigenvalue weighted by Crippen LogP contribution is -2.13. The van der Waals surface area contributed by atoms with Gasteiger partial charge in [-0.3, -0.25) is 4.79 Å². The molecule has 25 heavy (non-hydrogen) atoms. The molecule has 0 N–H and O–H groups in total. The molecule has 0 saturated heterocycles. The van der Waals surface area contributed by atoms with Crippen molar-refractivity contribution in [2.75, 3.05) is 0 Å². The van der Waals surface area contributed by atoms with Crippen LogP contribution < -0.4 is 0 Å². The van der Waals surface area contributed by atoms with E-state index in [-0.39, 0.29) is 5.78 Å². The predicted molar refractivity (Wildman–Crippen MR) is 96.4 cm³/mol. The minimum atomic E-state index is -0.730. The summed E-state index contributed by atoms with van der Waals surface area (Å²) in [6.07, 6.45) is 2.59. The smallest absolute Gasteiger partial charge is 0.226 e. The van der Waals surface area contributed by atoms with Gasteiger partial charge in [0.15, 0.2) is 5.82 Å². The molecule has 1 aromatic heterocycles. The highest BCUT2D eigenvalue weighted by Gasteiger charge is 2.30. The van der Waals surface area contributed by atoms with Gasteiger partial charge >= 0.3 is 0 Å². The topological polar surface area (TPSA) is 59.6 Å². The zero-order valence-corrected chi connectivity index (χ0v) is 13.7. The largest absolute Gasteiger partial charge is 0.290 e. The van der Waals surface area contributed by atoms with Crippen LogP contribution in [-0.2, 0) is 4.79 Å². The molecule has 0 aliphatic carbocycles. The zero-order valence-electron chi connectivity index (χ0n) is 13.7. The Balaban J connectivity index is 1.64. The maximum absolute atomic E-state index is 12.5. The maximum Gasteiger partial charge on any atom is 0.226 e. The van der Waals surface area contributed by atoms with Crippen LogP contribution in [0.25, 0.3) is 17.2 Å². The van der Waals surface area contributed by atoms with Gasteiger partial charge in [0.1, 0.15) is 0 Å². The lowest BCUT2D eigenvalue weighted by atomic mass is 10.1. The fraction of sp³-hybridized carbons (Fsp3) is 0.100. The number of ketones is 1. The highest BCUT2D eigenvalue weighted by Crippen LogP contribution is 2.39. The minimum absolute atomic E-state index is 0.145. The number of aromatic nitrogens is 2. The number of benzene rings is 2. The first-order chi connectivity index (χ1) is 12.2. The second-order valence-electron chi connectivity index (χ2n) is 5.83. The van der Waals surface area contributed by atoms with E-state index in [0.29, 0.717) is 5.82 Å². The Morgan fingerprint density at radius 3 is 2.44 bits per heavy atom.